The second-order valence-corrected chi connectivity index (χ2v) is 6.09. The van der Waals surface area contributed by atoms with Crippen molar-refractivity contribution in [3.8, 4) is 0 Å². The standard InChI is InChI=1S/C13H21NO3/c1-13(2)7-9(13)11(15)14-10-6-4-3-5-8(10)12(16)17/h8-10H,3-7H2,1-2H3,(H,14,15)(H,16,17). The number of carboxylic acid groups (broad SMARTS) is 1. The van der Waals surface area contributed by atoms with Gasteiger partial charge in [-0.25, -0.2) is 0 Å². The molecule has 3 unspecified atom stereocenters. The quantitative estimate of drug-likeness (QED) is 0.789. The number of hydrogen-bond donors (Lipinski definition) is 2. The summed E-state index contributed by atoms with van der Waals surface area (Å²) in [6.07, 6.45) is 4.38. The molecule has 2 aliphatic carbocycles. The van der Waals surface area contributed by atoms with E-state index < -0.39 is 11.9 Å². The Hall–Kier alpha value is -1.06. The number of carbonyl (C=O) groups is 2. The van der Waals surface area contributed by atoms with Crippen LogP contribution in [0.5, 0.6) is 0 Å². The van der Waals surface area contributed by atoms with E-state index in [-0.39, 0.29) is 23.3 Å². The van der Waals surface area contributed by atoms with Gasteiger partial charge in [-0.2, -0.15) is 0 Å². The first-order chi connectivity index (χ1) is 7.92. The summed E-state index contributed by atoms with van der Waals surface area (Å²) in [5.74, 6) is -1.04. The Morgan fingerprint density at radius 1 is 1.24 bits per heavy atom. The fraction of sp³-hybridized carbons (Fsp3) is 0.846. The molecule has 0 aliphatic heterocycles. The van der Waals surface area contributed by atoms with Gasteiger partial charge in [0.25, 0.3) is 0 Å². The maximum absolute atomic E-state index is 12.0. The van der Waals surface area contributed by atoms with Crippen LogP contribution in [0.15, 0.2) is 0 Å². The van der Waals surface area contributed by atoms with Gasteiger partial charge in [0.05, 0.1) is 5.92 Å². The van der Waals surface area contributed by atoms with Gasteiger partial charge < -0.3 is 10.4 Å². The summed E-state index contributed by atoms with van der Waals surface area (Å²) in [6, 6.07) is -0.162. The minimum absolute atomic E-state index is 0.0492. The maximum atomic E-state index is 12.0. The van der Waals surface area contributed by atoms with E-state index in [2.05, 4.69) is 19.2 Å². The van der Waals surface area contributed by atoms with Crippen molar-refractivity contribution in [1.82, 2.24) is 5.32 Å². The van der Waals surface area contributed by atoms with Gasteiger partial charge in [-0.3, -0.25) is 9.59 Å². The molecule has 0 radical (unpaired) electrons. The van der Waals surface area contributed by atoms with E-state index in [4.69, 9.17) is 5.11 Å². The first-order valence-electron chi connectivity index (χ1n) is 6.45. The van der Waals surface area contributed by atoms with E-state index in [0.717, 1.165) is 25.7 Å². The fourth-order valence-electron chi connectivity index (χ4n) is 2.80. The van der Waals surface area contributed by atoms with E-state index >= 15 is 0 Å². The van der Waals surface area contributed by atoms with E-state index in [9.17, 15) is 9.59 Å². The molecule has 0 aromatic carbocycles. The molecule has 1 amide bonds. The minimum atomic E-state index is -0.773. The van der Waals surface area contributed by atoms with Gasteiger partial charge in [0.2, 0.25) is 5.91 Å². The third-order valence-corrected chi connectivity index (χ3v) is 4.24. The van der Waals surface area contributed by atoms with Crippen LogP contribution in [-0.2, 0) is 9.59 Å². The lowest BCUT2D eigenvalue weighted by molar-refractivity contribution is -0.144. The molecular formula is C13H21NO3. The van der Waals surface area contributed by atoms with Crippen molar-refractivity contribution < 1.29 is 14.7 Å². The Morgan fingerprint density at radius 2 is 1.82 bits per heavy atom. The molecule has 96 valence electrons. The molecule has 17 heavy (non-hydrogen) atoms. The van der Waals surface area contributed by atoms with Crippen LogP contribution in [0.1, 0.15) is 46.0 Å². The molecular weight excluding hydrogens is 218 g/mol. The highest BCUT2D eigenvalue weighted by molar-refractivity contribution is 5.83. The zero-order chi connectivity index (χ0) is 12.6. The molecule has 0 aromatic heterocycles. The number of aliphatic carboxylic acids is 1. The van der Waals surface area contributed by atoms with Crippen LogP contribution in [0.2, 0.25) is 0 Å². The molecule has 0 aromatic rings. The lowest BCUT2D eigenvalue weighted by atomic mass is 9.84. The zero-order valence-electron chi connectivity index (χ0n) is 10.5. The van der Waals surface area contributed by atoms with Crippen molar-refractivity contribution in [1.29, 1.82) is 0 Å². The van der Waals surface area contributed by atoms with Gasteiger partial charge in [0, 0.05) is 12.0 Å². The molecule has 4 heteroatoms. The van der Waals surface area contributed by atoms with Crippen LogP contribution in [0, 0.1) is 17.3 Å². The first kappa shape index (κ1) is 12.4. The maximum Gasteiger partial charge on any atom is 0.308 e. The molecule has 3 atom stereocenters. The molecule has 2 aliphatic rings. The average Bonchev–Trinajstić information content (AvgIpc) is 2.88. The van der Waals surface area contributed by atoms with Gasteiger partial charge in [0.1, 0.15) is 0 Å². The van der Waals surface area contributed by atoms with Crippen LogP contribution >= 0.6 is 0 Å². The topological polar surface area (TPSA) is 66.4 Å². The Kier molecular flexibility index (Phi) is 3.15. The third-order valence-electron chi connectivity index (χ3n) is 4.24. The summed E-state index contributed by atoms with van der Waals surface area (Å²) in [5.41, 5.74) is 0.109. The van der Waals surface area contributed by atoms with E-state index in [1.54, 1.807) is 0 Å². The Balaban J connectivity index is 1.92. The molecule has 2 rings (SSSR count). The lowest BCUT2D eigenvalue weighted by Crippen LogP contribution is -2.46. The van der Waals surface area contributed by atoms with E-state index in [0.29, 0.717) is 6.42 Å². The monoisotopic (exact) mass is 239 g/mol. The number of hydrogen-bond acceptors (Lipinski definition) is 2. The number of carbonyl (C=O) groups excluding carboxylic acids is 1. The minimum Gasteiger partial charge on any atom is -0.481 e. The number of amides is 1. The molecule has 2 fully saturated rings. The molecule has 0 spiro atoms. The van der Waals surface area contributed by atoms with Gasteiger partial charge in [0.15, 0.2) is 0 Å². The molecule has 4 nitrogen and oxygen atoms in total. The third kappa shape index (κ3) is 2.61. The number of nitrogens with one attached hydrogen (secondary N) is 1. The van der Waals surface area contributed by atoms with E-state index in [1.165, 1.54) is 0 Å². The second kappa shape index (κ2) is 4.31. The highest BCUT2D eigenvalue weighted by Crippen LogP contribution is 2.51. The number of carboxylic acids is 1. The summed E-state index contributed by atoms with van der Waals surface area (Å²) in [4.78, 5) is 23.1. The highest BCUT2D eigenvalue weighted by atomic mass is 16.4. The molecule has 0 saturated heterocycles. The lowest BCUT2D eigenvalue weighted by Gasteiger charge is -2.29. The van der Waals surface area contributed by atoms with Crippen molar-refractivity contribution in [3.63, 3.8) is 0 Å². The predicted octanol–water partition coefficient (Wildman–Crippen LogP) is 1.79. The van der Waals surface area contributed by atoms with Crippen molar-refractivity contribution in [3.05, 3.63) is 0 Å². The van der Waals surface area contributed by atoms with Gasteiger partial charge in [-0.05, 0) is 24.7 Å². The van der Waals surface area contributed by atoms with E-state index in [1.807, 2.05) is 0 Å². The Labute approximate surface area is 102 Å². The second-order valence-electron chi connectivity index (χ2n) is 6.09. The van der Waals surface area contributed by atoms with Crippen LogP contribution < -0.4 is 5.32 Å². The summed E-state index contributed by atoms with van der Waals surface area (Å²) >= 11 is 0. The Bertz CT molecular complexity index is 338. The van der Waals surface area contributed by atoms with Crippen LogP contribution in [0.25, 0.3) is 0 Å². The summed E-state index contributed by atoms with van der Waals surface area (Å²) in [5, 5.41) is 12.1. The van der Waals surface area contributed by atoms with Gasteiger partial charge in [-0.15, -0.1) is 0 Å². The SMILES string of the molecule is CC1(C)CC1C(=O)NC1CCCCC1C(=O)O. The van der Waals surface area contributed by atoms with Crippen LogP contribution in [-0.4, -0.2) is 23.0 Å². The van der Waals surface area contributed by atoms with Crippen molar-refractivity contribution in [2.24, 2.45) is 17.3 Å². The molecule has 0 heterocycles. The van der Waals surface area contributed by atoms with Crippen molar-refractivity contribution >= 4 is 11.9 Å². The molecule has 2 saturated carbocycles. The van der Waals surface area contributed by atoms with Crippen molar-refractivity contribution in [2.45, 2.75) is 52.0 Å². The fourth-order valence-corrected chi connectivity index (χ4v) is 2.80. The molecule has 2 N–H and O–H groups in total. The average molecular weight is 239 g/mol. The van der Waals surface area contributed by atoms with Crippen molar-refractivity contribution in [2.75, 3.05) is 0 Å². The Morgan fingerprint density at radius 3 is 2.35 bits per heavy atom. The highest BCUT2D eigenvalue weighted by Gasteiger charge is 2.51. The first-order valence-corrected chi connectivity index (χ1v) is 6.45. The summed E-state index contributed by atoms with van der Waals surface area (Å²) in [7, 11) is 0. The number of rotatable bonds is 3. The smallest absolute Gasteiger partial charge is 0.308 e. The van der Waals surface area contributed by atoms with Crippen LogP contribution in [0.3, 0.4) is 0 Å². The predicted molar refractivity (Wildman–Crippen MR) is 63.4 cm³/mol. The largest absolute Gasteiger partial charge is 0.481 e. The summed E-state index contributed by atoms with van der Waals surface area (Å²) in [6.45, 7) is 4.15. The zero-order valence-corrected chi connectivity index (χ0v) is 10.5. The van der Waals surface area contributed by atoms with Crippen LogP contribution in [0.4, 0.5) is 0 Å². The summed E-state index contributed by atoms with van der Waals surface area (Å²) < 4.78 is 0. The molecule has 0 bridgehead atoms. The van der Waals surface area contributed by atoms with Gasteiger partial charge in [-0.1, -0.05) is 26.7 Å². The normalized spacial score (nSPS) is 35.1. The van der Waals surface area contributed by atoms with Gasteiger partial charge >= 0.3 is 5.97 Å².